The molecule has 3 heterocycles. The molecule has 0 aliphatic rings. The maximum atomic E-state index is 12.8. The van der Waals surface area contributed by atoms with Crippen LogP contribution in [0.15, 0.2) is 53.3 Å². The molecular weight excluding hydrogens is 452 g/mol. The number of hydrogen-bond donors (Lipinski definition) is 1. The van der Waals surface area contributed by atoms with Gasteiger partial charge in [0.15, 0.2) is 0 Å². The van der Waals surface area contributed by atoms with Gasteiger partial charge in [0.2, 0.25) is 0 Å². The second kappa shape index (κ2) is 9.47. The molecule has 8 nitrogen and oxygen atoms in total. The highest BCUT2D eigenvalue weighted by atomic mass is 35.5. The summed E-state index contributed by atoms with van der Waals surface area (Å²) in [7, 11) is 3.25. The van der Waals surface area contributed by atoms with Crippen molar-refractivity contribution in [2.75, 3.05) is 19.5 Å². The molecule has 10 heteroatoms. The largest absolute Gasteiger partial charge is 0.465 e. The number of aromatic nitrogens is 2. The van der Waals surface area contributed by atoms with Gasteiger partial charge in [0.05, 0.1) is 24.2 Å². The molecule has 32 heavy (non-hydrogen) atoms. The van der Waals surface area contributed by atoms with Crippen LogP contribution in [0.2, 0.25) is 5.02 Å². The number of hydrogen-bond acceptors (Lipinski definition) is 8. The molecule has 1 N–H and O–H groups in total. The Morgan fingerprint density at radius 1 is 1.19 bits per heavy atom. The summed E-state index contributed by atoms with van der Waals surface area (Å²) >= 11 is 7.17. The number of pyridine rings is 1. The summed E-state index contributed by atoms with van der Waals surface area (Å²) in [4.78, 5) is 32.8. The van der Waals surface area contributed by atoms with Crippen LogP contribution in [0.3, 0.4) is 0 Å². The van der Waals surface area contributed by atoms with Gasteiger partial charge in [-0.05, 0) is 37.4 Å². The zero-order valence-electron chi connectivity index (χ0n) is 17.3. The quantitative estimate of drug-likeness (QED) is 0.394. The molecule has 0 unspecified atom stereocenters. The summed E-state index contributed by atoms with van der Waals surface area (Å²) in [5, 5.41) is 7.85. The van der Waals surface area contributed by atoms with E-state index in [9.17, 15) is 9.59 Å². The van der Waals surface area contributed by atoms with Gasteiger partial charge in [0.25, 0.3) is 5.91 Å². The fourth-order valence-corrected chi connectivity index (χ4v) is 4.47. The van der Waals surface area contributed by atoms with Gasteiger partial charge in [-0.3, -0.25) is 9.69 Å². The molecule has 0 atom stereocenters. The minimum Gasteiger partial charge on any atom is -0.465 e. The van der Waals surface area contributed by atoms with Crippen LogP contribution < -0.4 is 5.32 Å². The number of carbonyl (C=O) groups excluding carboxylic acids is 2. The molecule has 0 spiro atoms. The number of methoxy groups -OCH3 is 1. The topological polar surface area (TPSA) is 97.6 Å². The maximum absolute atomic E-state index is 12.8. The predicted octanol–water partition coefficient (Wildman–Crippen LogP) is 4.61. The third-order valence-corrected chi connectivity index (χ3v) is 5.98. The average Bonchev–Trinajstić information content (AvgIpc) is 3.41. The number of carbonyl (C=O) groups is 2. The second-order valence-corrected chi connectivity index (χ2v) is 8.52. The third kappa shape index (κ3) is 4.80. The van der Waals surface area contributed by atoms with Gasteiger partial charge in [0, 0.05) is 35.1 Å². The number of amides is 1. The van der Waals surface area contributed by atoms with Crippen molar-refractivity contribution < 1.29 is 18.8 Å². The van der Waals surface area contributed by atoms with Crippen LogP contribution in [0.4, 0.5) is 5.69 Å². The normalized spacial score (nSPS) is 11.1. The summed E-state index contributed by atoms with van der Waals surface area (Å²) in [5.74, 6) is -0.923. The van der Waals surface area contributed by atoms with Crippen LogP contribution >= 0.6 is 22.9 Å². The highest BCUT2D eigenvalue weighted by Crippen LogP contribution is 2.36. The van der Waals surface area contributed by atoms with E-state index in [0.717, 1.165) is 11.4 Å². The fraction of sp³-hybridized carbons (Fsp3) is 0.182. The molecule has 4 rings (SSSR count). The fourth-order valence-electron chi connectivity index (χ4n) is 3.21. The van der Waals surface area contributed by atoms with E-state index in [4.69, 9.17) is 20.9 Å². The Kier molecular flexibility index (Phi) is 6.50. The molecular formula is C22H19ClN4O4S. The first kappa shape index (κ1) is 21.9. The molecule has 0 aliphatic heterocycles. The number of rotatable bonds is 7. The van der Waals surface area contributed by atoms with Crippen molar-refractivity contribution in [2.24, 2.45) is 0 Å². The van der Waals surface area contributed by atoms with E-state index in [1.165, 1.54) is 24.7 Å². The Labute approximate surface area is 192 Å². The van der Waals surface area contributed by atoms with Crippen LogP contribution in [0.5, 0.6) is 0 Å². The smallest absolute Gasteiger partial charge is 0.350 e. The Balaban J connectivity index is 1.62. The maximum Gasteiger partial charge on any atom is 0.350 e. The summed E-state index contributed by atoms with van der Waals surface area (Å²) < 4.78 is 9.78. The number of thiophene rings is 1. The molecule has 164 valence electrons. The Morgan fingerprint density at radius 3 is 2.72 bits per heavy atom. The molecule has 0 radical (unpaired) electrons. The lowest BCUT2D eigenvalue weighted by molar-refractivity contribution is 0.0607. The minimum absolute atomic E-state index is 0.276. The van der Waals surface area contributed by atoms with Gasteiger partial charge in [-0.1, -0.05) is 22.8 Å². The molecule has 0 bridgehead atoms. The molecule has 1 amide bonds. The first-order valence-electron chi connectivity index (χ1n) is 9.60. The molecule has 1 aromatic carbocycles. The van der Waals surface area contributed by atoms with Gasteiger partial charge in [-0.2, -0.15) is 0 Å². The number of nitrogens with one attached hydrogen (secondary N) is 1. The van der Waals surface area contributed by atoms with Crippen molar-refractivity contribution in [3.05, 3.63) is 75.6 Å². The van der Waals surface area contributed by atoms with Crippen molar-refractivity contribution in [2.45, 2.75) is 13.1 Å². The number of anilines is 1. The monoisotopic (exact) mass is 470 g/mol. The van der Waals surface area contributed by atoms with Gasteiger partial charge < -0.3 is 14.6 Å². The highest BCUT2D eigenvalue weighted by molar-refractivity contribution is 7.21. The van der Waals surface area contributed by atoms with Gasteiger partial charge in [0.1, 0.15) is 16.0 Å². The van der Waals surface area contributed by atoms with Gasteiger partial charge in [-0.25, -0.2) is 9.78 Å². The van der Waals surface area contributed by atoms with E-state index in [1.807, 2.05) is 30.1 Å². The average molecular weight is 471 g/mol. The van der Waals surface area contributed by atoms with E-state index in [0.29, 0.717) is 39.6 Å². The Bertz CT molecular complexity index is 1270. The third-order valence-electron chi connectivity index (χ3n) is 4.66. The van der Waals surface area contributed by atoms with E-state index < -0.39 is 5.97 Å². The predicted molar refractivity (Wildman–Crippen MR) is 122 cm³/mol. The van der Waals surface area contributed by atoms with Crippen molar-refractivity contribution >= 4 is 50.7 Å². The number of benzene rings is 1. The van der Waals surface area contributed by atoms with E-state index in [2.05, 4.69) is 15.5 Å². The molecule has 4 aromatic rings. The number of fused-ring (bicyclic) bond motifs is 1. The molecule has 0 saturated heterocycles. The highest BCUT2D eigenvalue weighted by Gasteiger charge is 2.22. The lowest BCUT2D eigenvalue weighted by Gasteiger charge is -2.14. The summed E-state index contributed by atoms with van der Waals surface area (Å²) in [6, 6.07) is 12.1. The van der Waals surface area contributed by atoms with Crippen molar-refractivity contribution in [3.63, 3.8) is 0 Å². The van der Waals surface area contributed by atoms with Crippen LogP contribution in [-0.4, -0.2) is 41.1 Å². The SMILES string of the molecule is COC(=O)c1sc2nc(CN(C)Cc3ccon3)ccc2c1NC(=O)c1cccc(Cl)c1. The zero-order chi connectivity index (χ0) is 22.7. The molecule has 3 aromatic heterocycles. The van der Waals surface area contributed by atoms with Crippen molar-refractivity contribution in [1.82, 2.24) is 15.0 Å². The number of nitrogens with zero attached hydrogens (tertiary/aromatic N) is 3. The Morgan fingerprint density at radius 2 is 2.00 bits per heavy atom. The summed E-state index contributed by atoms with van der Waals surface area (Å²) in [5.41, 5.74) is 2.39. The van der Waals surface area contributed by atoms with E-state index in [-0.39, 0.29) is 10.8 Å². The lowest BCUT2D eigenvalue weighted by atomic mass is 10.2. The Hall–Kier alpha value is -3.27. The van der Waals surface area contributed by atoms with Crippen molar-refractivity contribution in [3.8, 4) is 0 Å². The van der Waals surface area contributed by atoms with Crippen molar-refractivity contribution in [1.29, 1.82) is 0 Å². The number of esters is 1. The second-order valence-electron chi connectivity index (χ2n) is 7.08. The molecule has 0 saturated carbocycles. The van der Waals surface area contributed by atoms with Gasteiger partial charge >= 0.3 is 5.97 Å². The van der Waals surface area contributed by atoms with Crippen LogP contribution in [0.25, 0.3) is 10.2 Å². The van der Waals surface area contributed by atoms with E-state index in [1.54, 1.807) is 24.3 Å². The zero-order valence-corrected chi connectivity index (χ0v) is 18.9. The summed E-state index contributed by atoms with van der Waals surface area (Å²) in [6.45, 7) is 1.17. The molecule has 0 fully saturated rings. The molecule has 0 aliphatic carbocycles. The number of ether oxygens (including phenoxy) is 1. The first-order valence-corrected chi connectivity index (χ1v) is 10.8. The standard InChI is InChI=1S/C22H19ClN4O4S/c1-27(12-16-8-9-31-26-16)11-15-6-7-17-18(19(22(29)30-2)32-21(17)24-15)25-20(28)13-4-3-5-14(23)10-13/h3-10H,11-12H2,1-2H3,(H,25,28). The van der Waals surface area contributed by atoms with Crippen LogP contribution in [0.1, 0.15) is 31.4 Å². The van der Waals surface area contributed by atoms with Gasteiger partial charge in [-0.15, -0.1) is 11.3 Å². The lowest BCUT2D eigenvalue weighted by Crippen LogP contribution is -2.18. The van der Waals surface area contributed by atoms with Crippen LogP contribution in [-0.2, 0) is 17.8 Å². The van der Waals surface area contributed by atoms with Crippen LogP contribution in [0, 0.1) is 0 Å². The number of halogens is 1. The summed E-state index contributed by atoms with van der Waals surface area (Å²) in [6.07, 6.45) is 1.53. The minimum atomic E-state index is -0.543. The van der Waals surface area contributed by atoms with E-state index >= 15 is 0 Å². The first-order chi connectivity index (χ1) is 15.4.